The molecule has 6 nitrogen and oxygen atoms in total. The molecule has 32 heavy (non-hydrogen) atoms. The number of fused-ring (bicyclic) bond motifs is 2. The fourth-order valence-electron chi connectivity index (χ4n) is 3.91. The lowest BCUT2D eigenvalue weighted by atomic mass is 9.81. The molecule has 0 fully saturated rings. The van der Waals surface area contributed by atoms with Crippen molar-refractivity contribution in [1.29, 1.82) is 0 Å². The molecule has 0 spiro atoms. The summed E-state index contributed by atoms with van der Waals surface area (Å²) in [5.74, 6) is -1.73. The van der Waals surface area contributed by atoms with E-state index in [1.807, 2.05) is 0 Å². The number of alkyl halides is 2. The Hall–Kier alpha value is -3.42. The first-order valence-corrected chi connectivity index (χ1v) is 10.0. The molecule has 2 aliphatic carbocycles. The van der Waals surface area contributed by atoms with Gasteiger partial charge in [0, 0.05) is 36.4 Å². The van der Waals surface area contributed by atoms with Crippen LogP contribution in [0, 0.1) is 0 Å². The first-order valence-electron chi connectivity index (χ1n) is 10.0. The number of nitrogens with zero attached hydrogens (tertiary/aromatic N) is 2. The minimum absolute atomic E-state index is 0.0667. The zero-order valence-corrected chi connectivity index (χ0v) is 18.0. The number of aromatic nitrogens is 2. The molecule has 0 saturated carbocycles. The van der Waals surface area contributed by atoms with Crippen molar-refractivity contribution >= 4 is 23.1 Å². The first kappa shape index (κ1) is 23.2. The Bertz CT molecular complexity index is 1000. The van der Waals surface area contributed by atoms with Gasteiger partial charge in [0.15, 0.2) is 0 Å². The Morgan fingerprint density at radius 2 is 1.22 bits per heavy atom. The van der Waals surface area contributed by atoms with E-state index in [0.717, 1.165) is 11.1 Å². The van der Waals surface area contributed by atoms with Gasteiger partial charge in [-0.2, -0.15) is 0 Å². The highest BCUT2D eigenvalue weighted by Gasteiger charge is 2.47. The maximum atomic E-state index is 14.6. The summed E-state index contributed by atoms with van der Waals surface area (Å²) < 4.78 is 38.2. The van der Waals surface area contributed by atoms with Gasteiger partial charge in [0.05, 0.1) is 25.6 Å². The number of pyridine rings is 2. The zero-order chi connectivity index (χ0) is 23.5. The largest absolute Gasteiger partial charge is 0.466 e. The summed E-state index contributed by atoms with van der Waals surface area (Å²) in [5, 5.41) is 0. The molecule has 168 valence electrons. The van der Waals surface area contributed by atoms with Gasteiger partial charge in [0.2, 0.25) is 11.3 Å². The lowest BCUT2D eigenvalue weighted by molar-refractivity contribution is -0.156. The topological polar surface area (TPSA) is 78.4 Å². The monoisotopic (exact) mass is 442 g/mol. The van der Waals surface area contributed by atoms with E-state index in [1.165, 1.54) is 14.2 Å². The van der Waals surface area contributed by atoms with Crippen molar-refractivity contribution in [3.05, 3.63) is 72.3 Å². The molecule has 0 bridgehead atoms. The normalized spacial score (nSPS) is 23.8. The predicted molar refractivity (Wildman–Crippen MR) is 115 cm³/mol. The number of ether oxygens (including phenoxy) is 2. The van der Waals surface area contributed by atoms with Crippen molar-refractivity contribution in [2.45, 2.75) is 37.0 Å². The lowest BCUT2D eigenvalue weighted by Crippen LogP contribution is -2.35. The van der Waals surface area contributed by atoms with Crippen LogP contribution < -0.4 is 0 Å². The van der Waals surface area contributed by atoms with Crippen LogP contribution in [0.2, 0.25) is 0 Å². The molecule has 2 atom stereocenters. The van der Waals surface area contributed by atoms with Gasteiger partial charge in [-0.1, -0.05) is 25.3 Å². The second-order valence-electron chi connectivity index (χ2n) is 7.59. The molecule has 4 rings (SSSR count). The SMILES string of the molecule is C=C1CC[C@@](F)(C(=O)OC)c2cccnc21.C=C1CC[C@](F)(C(=O)OC)c2cccnc21. The number of rotatable bonds is 2. The van der Waals surface area contributed by atoms with Crippen LogP contribution in [0.3, 0.4) is 0 Å². The molecule has 0 aromatic carbocycles. The summed E-state index contributed by atoms with van der Waals surface area (Å²) in [4.78, 5) is 31.1. The lowest BCUT2D eigenvalue weighted by Gasteiger charge is -2.29. The predicted octanol–water partition coefficient (Wildman–Crippen LogP) is 4.45. The Morgan fingerprint density at radius 3 is 1.56 bits per heavy atom. The number of hydrogen-bond acceptors (Lipinski definition) is 6. The van der Waals surface area contributed by atoms with Gasteiger partial charge in [0.25, 0.3) is 0 Å². The maximum Gasteiger partial charge on any atom is 0.348 e. The van der Waals surface area contributed by atoms with E-state index in [1.54, 1.807) is 36.7 Å². The van der Waals surface area contributed by atoms with Gasteiger partial charge in [-0.3, -0.25) is 9.97 Å². The molecule has 2 aromatic heterocycles. The van der Waals surface area contributed by atoms with Crippen molar-refractivity contribution in [2.75, 3.05) is 14.2 Å². The van der Waals surface area contributed by atoms with Gasteiger partial charge in [-0.05, 0) is 36.1 Å². The number of halogens is 2. The van der Waals surface area contributed by atoms with E-state index >= 15 is 0 Å². The molecule has 0 saturated heterocycles. The number of carbonyl (C=O) groups is 2. The fourth-order valence-corrected chi connectivity index (χ4v) is 3.91. The van der Waals surface area contributed by atoms with Gasteiger partial charge in [-0.25, -0.2) is 18.4 Å². The summed E-state index contributed by atoms with van der Waals surface area (Å²) in [6.45, 7) is 7.65. The van der Waals surface area contributed by atoms with Crippen molar-refractivity contribution in [3.8, 4) is 0 Å². The first-order chi connectivity index (χ1) is 15.2. The van der Waals surface area contributed by atoms with E-state index in [0.29, 0.717) is 24.2 Å². The Labute approximate surface area is 185 Å². The van der Waals surface area contributed by atoms with Gasteiger partial charge >= 0.3 is 11.9 Å². The van der Waals surface area contributed by atoms with Crippen LogP contribution in [0.1, 0.15) is 48.2 Å². The molecule has 0 N–H and O–H groups in total. The Kier molecular flexibility index (Phi) is 6.52. The third-order valence-electron chi connectivity index (χ3n) is 5.70. The number of carbonyl (C=O) groups excluding carboxylic acids is 2. The van der Waals surface area contributed by atoms with Gasteiger partial charge in [-0.15, -0.1) is 0 Å². The van der Waals surface area contributed by atoms with Crippen molar-refractivity contribution in [2.24, 2.45) is 0 Å². The van der Waals surface area contributed by atoms with Crippen molar-refractivity contribution in [3.63, 3.8) is 0 Å². The molecule has 0 radical (unpaired) electrons. The third kappa shape index (κ3) is 3.92. The quantitative estimate of drug-likeness (QED) is 0.640. The number of allylic oxidation sites excluding steroid dienone is 2. The molecule has 0 unspecified atom stereocenters. The van der Waals surface area contributed by atoms with E-state index < -0.39 is 23.3 Å². The van der Waals surface area contributed by atoms with Crippen LogP contribution in [0.5, 0.6) is 0 Å². The third-order valence-corrected chi connectivity index (χ3v) is 5.70. The Morgan fingerprint density at radius 1 is 0.844 bits per heavy atom. The van der Waals surface area contributed by atoms with Crippen LogP contribution >= 0.6 is 0 Å². The van der Waals surface area contributed by atoms with Crippen molar-refractivity contribution in [1.82, 2.24) is 9.97 Å². The molecule has 2 aromatic rings. The van der Waals surface area contributed by atoms with Gasteiger partial charge < -0.3 is 9.47 Å². The van der Waals surface area contributed by atoms with E-state index in [2.05, 4.69) is 32.6 Å². The molecular formula is C24H24F2N2O4. The zero-order valence-electron chi connectivity index (χ0n) is 18.0. The average Bonchev–Trinajstić information content (AvgIpc) is 2.83. The van der Waals surface area contributed by atoms with Crippen LogP contribution in [0.25, 0.3) is 11.1 Å². The highest BCUT2D eigenvalue weighted by molar-refractivity contribution is 5.86. The highest BCUT2D eigenvalue weighted by Crippen LogP contribution is 2.43. The van der Waals surface area contributed by atoms with Crippen molar-refractivity contribution < 1.29 is 27.8 Å². The summed E-state index contributed by atoms with van der Waals surface area (Å²) in [6.07, 6.45) is 4.08. The standard InChI is InChI=1S/2C12H12FNO2/c2*1-8-5-6-12(13,11(15)16-2)9-4-3-7-14-10(8)9/h2*3-4,7H,1,5-6H2,2H3/t2*12-/m10/s1. The molecule has 0 amide bonds. The number of esters is 2. The number of hydrogen-bond donors (Lipinski definition) is 0. The smallest absolute Gasteiger partial charge is 0.348 e. The molecular weight excluding hydrogens is 418 g/mol. The molecule has 8 heteroatoms. The highest BCUT2D eigenvalue weighted by atomic mass is 19.1. The summed E-state index contributed by atoms with van der Waals surface area (Å²) in [7, 11) is 2.37. The van der Waals surface area contributed by atoms with E-state index in [4.69, 9.17) is 0 Å². The molecule has 2 aliphatic rings. The van der Waals surface area contributed by atoms with E-state index in [-0.39, 0.29) is 24.0 Å². The van der Waals surface area contributed by atoms with Crippen LogP contribution in [-0.2, 0) is 30.4 Å². The average molecular weight is 442 g/mol. The van der Waals surface area contributed by atoms with Crippen LogP contribution in [0.15, 0.2) is 49.8 Å². The number of methoxy groups -OCH3 is 2. The van der Waals surface area contributed by atoms with Crippen LogP contribution in [0.4, 0.5) is 8.78 Å². The van der Waals surface area contributed by atoms with Crippen LogP contribution in [-0.4, -0.2) is 36.1 Å². The summed E-state index contributed by atoms with van der Waals surface area (Å²) in [5.41, 5.74) is -1.18. The summed E-state index contributed by atoms with van der Waals surface area (Å²) >= 11 is 0. The minimum Gasteiger partial charge on any atom is -0.466 e. The summed E-state index contributed by atoms with van der Waals surface area (Å²) in [6, 6.07) is 6.33. The second-order valence-corrected chi connectivity index (χ2v) is 7.59. The Balaban J connectivity index is 0.000000181. The fraction of sp³-hybridized carbons (Fsp3) is 0.333. The van der Waals surface area contributed by atoms with E-state index in [9.17, 15) is 18.4 Å². The molecule has 0 aliphatic heterocycles. The maximum absolute atomic E-state index is 14.6. The minimum atomic E-state index is -2.08. The second kappa shape index (κ2) is 8.98. The van der Waals surface area contributed by atoms with Gasteiger partial charge in [0.1, 0.15) is 0 Å². The molecule has 2 heterocycles.